The lowest BCUT2D eigenvalue weighted by Gasteiger charge is -2.11. The zero-order chi connectivity index (χ0) is 46.1. The SMILES string of the molecule is c1ccc(-c2ccc3c(-c4cccc5oc6c(-c7nc(-c8ccccc8)nc(-c8cccc9c8sc8cccc(-c%10cccc%11cc(-c%12ccccc%12)ccc%10%11)c89)n7)cccc6c45)cccc3c2)cc1. The number of aromatic nitrogens is 3. The van der Waals surface area contributed by atoms with E-state index in [0.29, 0.717) is 17.5 Å². The number of para-hydroxylation sites is 1. The summed E-state index contributed by atoms with van der Waals surface area (Å²) in [6.45, 7) is 0. The third kappa shape index (κ3) is 6.62. The molecule has 3 aromatic heterocycles. The molecule has 0 spiro atoms. The summed E-state index contributed by atoms with van der Waals surface area (Å²) >= 11 is 1.79. The van der Waals surface area contributed by atoms with Crippen molar-refractivity contribution in [3.8, 4) is 78.7 Å². The molecule has 11 aromatic carbocycles. The Hall–Kier alpha value is -9.03. The van der Waals surface area contributed by atoms with Crippen LogP contribution in [0.15, 0.2) is 241 Å². The topological polar surface area (TPSA) is 51.8 Å². The lowest BCUT2D eigenvalue weighted by Crippen LogP contribution is -2.00. The quantitative estimate of drug-likeness (QED) is 0.160. The van der Waals surface area contributed by atoms with Gasteiger partial charge in [-0.15, -0.1) is 11.3 Å². The molecule has 0 saturated heterocycles. The van der Waals surface area contributed by atoms with Crippen molar-refractivity contribution in [1.82, 2.24) is 15.0 Å². The van der Waals surface area contributed by atoms with Crippen molar-refractivity contribution in [2.45, 2.75) is 0 Å². The van der Waals surface area contributed by atoms with Gasteiger partial charge in [0.15, 0.2) is 17.5 Å². The number of thiophene rings is 1. The third-order valence-corrected chi connectivity index (χ3v) is 15.0. The smallest absolute Gasteiger partial charge is 0.167 e. The van der Waals surface area contributed by atoms with Crippen LogP contribution < -0.4 is 0 Å². The largest absolute Gasteiger partial charge is 0.455 e. The highest BCUT2D eigenvalue weighted by atomic mass is 32.1. The van der Waals surface area contributed by atoms with E-state index in [9.17, 15) is 0 Å². The van der Waals surface area contributed by atoms with Crippen LogP contribution in [-0.2, 0) is 0 Å². The predicted octanol–water partition coefficient (Wildman–Crippen LogP) is 18.1. The Bertz CT molecular complexity index is 4090. The van der Waals surface area contributed by atoms with Gasteiger partial charge in [-0.05, 0) is 102 Å². The van der Waals surface area contributed by atoms with E-state index >= 15 is 0 Å². The van der Waals surface area contributed by atoms with Crippen LogP contribution >= 0.6 is 11.3 Å². The highest BCUT2D eigenvalue weighted by Gasteiger charge is 2.22. The van der Waals surface area contributed by atoms with Crippen molar-refractivity contribution in [2.24, 2.45) is 0 Å². The van der Waals surface area contributed by atoms with E-state index in [1.54, 1.807) is 11.3 Å². The molecule has 0 atom stereocenters. The summed E-state index contributed by atoms with van der Waals surface area (Å²) < 4.78 is 9.25. The van der Waals surface area contributed by atoms with Gasteiger partial charge in [-0.25, -0.2) is 15.0 Å². The van der Waals surface area contributed by atoms with Crippen LogP contribution in [0.2, 0.25) is 0 Å². The Morgan fingerprint density at radius 3 is 1.43 bits per heavy atom. The molecule has 0 amide bonds. The number of furan rings is 1. The molecule has 0 fully saturated rings. The summed E-state index contributed by atoms with van der Waals surface area (Å²) in [6.07, 6.45) is 0. The molecule has 70 heavy (non-hydrogen) atoms. The van der Waals surface area contributed by atoms with Crippen LogP contribution in [0, 0.1) is 0 Å². The number of hydrogen-bond acceptors (Lipinski definition) is 5. The van der Waals surface area contributed by atoms with Crippen molar-refractivity contribution in [3.63, 3.8) is 0 Å². The van der Waals surface area contributed by atoms with E-state index in [-0.39, 0.29) is 0 Å². The molecular weight excluding hydrogens is 871 g/mol. The normalized spacial score (nSPS) is 11.7. The molecule has 0 radical (unpaired) electrons. The van der Waals surface area contributed by atoms with Gasteiger partial charge < -0.3 is 4.42 Å². The van der Waals surface area contributed by atoms with Gasteiger partial charge >= 0.3 is 0 Å². The van der Waals surface area contributed by atoms with Gasteiger partial charge in [0.25, 0.3) is 0 Å². The second kappa shape index (κ2) is 16.3. The number of rotatable bonds is 7. The number of hydrogen-bond donors (Lipinski definition) is 0. The number of benzene rings is 11. The van der Waals surface area contributed by atoms with Gasteiger partial charge in [-0.1, -0.05) is 200 Å². The molecule has 14 rings (SSSR count). The second-order valence-corrected chi connectivity index (χ2v) is 18.9. The Morgan fingerprint density at radius 1 is 0.300 bits per heavy atom. The highest BCUT2D eigenvalue weighted by Crippen LogP contribution is 2.46. The van der Waals surface area contributed by atoms with Crippen LogP contribution in [0.3, 0.4) is 0 Å². The zero-order valence-electron chi connectivity index (χ0n) is 37.7. The van der Waals surface area contributed by atoms with Crippen molar-refractivity contribution in [3.05, 3.63) is 237 Å². The average molecular weight is 910 g/mol. The molecular formula is C65H39N3OS. The minimum Gasteiger partial charge on any atom is -0.455 e. The summed E-state index contributed by atoms with van der Waals surface area (Å²) in [5.74, 6) is 1.77. The first-order valence-electron chi connectivity index (χ1n) is 23.6. The maximum Gasteiger partial charge on any atom is 0.167 e. The Labute approximate surface area is 407 Å². The van der Waals surface area contributed by atoms with Gasteiger partial charge in [0.05, 0.1) is 5.56 Å². The second-order valence-electron chi connectivity index (χ2n) is 17.8. The minimum atomic E-state index is 0.554. The van der Waals surface area contributed by atoms with Crippen LogP contribution in [0.5, 0.6) is 0 Å². The molecule has 0 aliphatic rings. The summed E-state index contributed by atoms with van der Waals surface area (Å²) in [7, 11) is 0. The molecule has 0 aliphatic heterocycles. The first-order valence-corrected chi connectivity index (χ1v) is 24.4. The molecule has 0 bridgehead atoms. The summed E-state index contributed by atoms with van der Waals surface area (Å²) in [6, 6.07) is 84.0. The number of fused-ring (bicyclic) bond motifs is 8. The molecule has 4 nitrogen and oxygen atoms in total. The van der Waals surface area contributed by atoms with E-state index in [4.69, 9.17) is 19.4 Å². The zero-order valence-corrected chi connectivity index (χ0v) is 38.5. The first kappa shape index (κ1) is 40.1. The summed E-state index contributed by atoms with van der Waals surface area (Å²) in [5.41, 5.74) is 13.7. The molecule has 0 aliphatic carbocycles. The van der Waals surface area contributed by atoms with E-state index in [1.807, 2.05) is 18.2 Å². The molecule has 0 N–H and O–H groups in total. The fraction of sp³-hybridized carbons (Fsp3) is 0. The third-order valence-electron chi connectivity index (χ3n) is 13.7. The fourth-order valence-electron chi connectivity index (χ4n) is 10.5. The summed E-state index contributed by atoms with van der Waals surface area (Å²) in [5, 5.41) is 9.28. The van der Waals surface area contributed by atoms with Gasteiger partial charge in [-0.2, -0.15) is 0 Å². The van der Waals surface area contributed by atoms with Crippen LogP contribution in [0.4, 0.5) is 0 Å². The Morgan fingerprint density at radius 2 is 0.786 bits per heavy atom. The maximum atomic E-state index is 6.91. The first-order chi connectivity index (χ1) is 34.7. The fourth-order valence-corrected chi connectivity index (χ4v) is 11.7. The van der Waals surface area contributed by atoms with Gasteiger partial charge in [0, 0.05) is 42.1 Å². The minimum absolute atomic E-state index is 0.554. The van der Waals surface area contributed by atoms with E-state index < -0.39 is 0 Å². The Balaban J connectivity index is 0.925. The highest BCUT2D eigenvalue weighted by molar-refractivity contribution is 7.26. The van der Waals surface area contributed by atoms with E-state index in [2.05, 4.69) is 218 Å². The standard InChI is InChI=1S/C65H39N3OS/c1-4-16-40(17-5-1)43-34-36-47-45(38-43)22-10-24-49(47)51-26-14-32-57-59(51)53-28-12-30-55(61(53)69-57)64-66-63(42-20-8-3-9-21-42)67-65(68-64)56-31-13-29-54-60-52(27-15-33-58(60)70-62(54)56)50-25-11-23-46-39-44(35-37-48(46)50)41-18-6-2-7-19-41/h1-39H. The van der Waals surface area contributed by atoms with Crippen molar-refractivity contribution in [2.75, 3.05) is 0 Å². The van der Waals surface area contributed by atoms with Crippen molar-refractivity contribution < 1.29 is 4.42 Å². The van der Waals surface area contributed by atoms with Gasteiger partial charge in [0.1, 0.15) is 11.2 Å². The molecule has 14 aromatic rings. The van der Waals surface area contributed by atoms with Crippen molar-refractivity contribution in [1.29, 1.82) is 0 Å². The monoisotopic (exact) mass is 909 g/mol. The van der Waals surface area contributed by atoms with E-state index in [0.717, 1.165) is 54.5 Å². The molecule has 5 heteroatoms. The van der Waals surface area contributed by atoms with Crippen LogP contribution in [0.25, 0.3) is 142 Å². The lowest BCUT2D eigenvalue weighted by atomic mass is 9.92. The Kier molecular flexibility index (Phi) is 9.36. The van der Waals surface area contributed by atoms with Crippen molar-refractivity contribution >= 4 is 75.0 Å². The van der Waals surface area contributed by atoms with Crippen LogP contribution in [0.1, 0.15) is 0 Å². The van der Waals surface area contributed by atoms with E-state index in [1.165, 1.54) is 70.4 Å². The van der Waals surface area contributed by atoms with Gasteiger partial charge in [-0.3, -0.25) is 0 Å². The van der Waals surface area contributed by atoms with Gasteiger partial charge in [0.2, 0.25) is 0 Å². The van der Waals surface area contributed by atoms with Crippen LogP contribution in [-0.4, -0.2) is 15.0 Å². The number of nitrogens with zero attached hydrogens (tertiary/aromatic N) is 3. The molecule has 0 saturated carbocycles. The average Bonchev–Trinajstić information content (AvgIpc) is 4.02. The summed E-state index contributed by atoms with van der Waals surface area (Å²) in [4.78, 5) is 15.9. The molecule has 0 unspecified atom stereocenters. The predicted molar refractivity (Wildman–Crippen MR) is 293 cm³/mol. The molecule has 3 heterocycles. The lowest BCUT2D eigenvalue weighted by molar-refractivity contribution is 0.669. The molecule has 326 valence electrons. The maximum absolute atomic E-state index is 6.91.